The fourth-order valence-electron chi connectivity index (χ4n) is 4.42. The van der Waals surface area contributed by atoms with E-state index in [1.54, 1.807) is 37.4 Å². The molecule has 0 saturated carbocycles. The monoisotopic (exact) mass is 590 g/mol. The first kappa shape index (κ1) is 30.9. The van der Waals surface area contributed by atoms with E-state index in [4.69, 9.17) is 14.2 Å². The number of methoxy groups -OCH3 is 3. The van der Waals surface area contributed by atoms with Crippen molar-refractivity contribution < 1.29 is 28.2 Å². The van der Waals surface area contributed by atoms with E-state index < -0.39 is 29.2 Å². The summed E-state index contributed by atoms with van der Waals surface area (Å²) in [4.78, 5) is 30.3. The number of tetrazole rings is 1. The summed E-state index contributed by atoms with van der Waals surface area (Å²) in [6.07, 6.45) is 0. The van der Waals surface area contributed by atoms with Crippen molar-refractivity contribution in [3.05, 3.63) is 83.7 Å². The number of nitrogens with zero attached hydrogens (tertiary/aromatic N) is 5. The van der Waals surface area contributed by atoms with E-state index in [2.05, 4.69) is 20.7 Å². The summed E-state index contributed by atoms with van der Waals surface area (Å²) in [6.45, 7) is 5.29. The molecule has 12 heteroatoms. The van der Waals surface area contributed by atoms with Gasteiger partial charge in [-0.1, -0.05) is 24.3 Å². The van der Waals surface area contributed by atoms with Gasteiger partial charge in [0, 0.05) is 17.6 Å². The second-order valence-corrected chi connectivity index (χ2v) is 10.8. The maximum Gasteiger partial charge on any atom is 0.247 e. The molecule has 0 aliphatic heterocycles. The average Bonchev–Trinajstić information content (AvgIpc) is 3.45. The van der Waals surface area contributed by atoms with Gasteiger partial charge in [0.15, 0.2) is 11.5 Å². The minimum atomic E-state index is -1.08. The zero-order chi connectivity index (χ0) is 31.1. The summed E-state index contributed by atoms with van der Waals surface area (Å²) in [5.74, 6) is 0.631. The van der Waals surface area contributed by atoms with Crippen LogP contribution in [0.25, 0.3) is 11.4 Å². The van der Waals surface area contributed by atoms with Gasteiger partial charge < -0.3 is 24.4 Å². The van der Waals surface area contributed by atoms with Crippen LogP contribution in [0.3, 0.4) is 0 Å². The maximum atomic E-state index is 14.0. The van der Waals surface area contributed by atoms with Crippen LogP contribution in [0.4, 0.5) is 4.39 Å². The Morgan fingerprint density at radius 2 is 1.60 bits per heavy atom. The Labute approximate surface area is 249 Å². The fourth-order valence-corrected chi connectivity index (χ4v) is 4.42. The number of hydrogen-bond acceptors (Lipinski definition) is 8. The highest BCUT2D eigenvalue weighted by molar-refractivity contribution is 5.89. The first-order chi connectivity index (χ1) is 20.5. The Hall–Kier alpha value is -5.00. The van der Waals surface area contributed by atoms with Crippen LogP contribution in [-0.2, 0) is 22.7 Å². The number of benzene rings is 3. The molecular weight excluding hydrogens is 555 g/mol. The molecule has 226 valence electrons. The number of rotatable bonds is 11. The van der Waals surface area contributed by atoms with E-state index in [0.717, 1.165) is 5.56 Å². The summed E-state index contributed by atoms with van der Waals surface area (Å²) in [5, 5.41) is 15.5. The topological polar surface area (TPSA) is 121 Å². The van der Waals surface area contributed by atoms with E-state index >= 15 is 0 Å². The zero-order valence-electron chi connectivity index (χ0n) is 25.0. The summed E-state index contributed by atoms with van der Waals surface area (Å²) >= 11 is 0. The van der Waals surface area contributed by atoms with E-state index in [1.807, 2.05) is 32.9 Å². The molecule has 1 atom stereocenters. The van der Waals surface area contributed by atoms with Gasteiger partial charge in [0.05, 0.1) is 21.3 Å². The number of amides is 2. The van der Waals surface area contributed by atoms with Crippen molar-refractivity contribution in [3.63, 3.8) is 0 Å². The number of ether oxygens (including phenoxy) is 3. The van der Waals surface area contributed by atoms with Gasteiger partial charge >= 0.3 is 0 Å². The SMILES string of the molecule is COc1ccc(CN(C(=O)Cn2nnc(-c3ccc(OC)c(OC)c3)n2)C(C(=O)NC(C)(C)C)c2ccc(F)cc2)cc1. The lowest BCUT2D eigenvalue weighted by Crippen LogP contribution is -2.49. The number of nitrogens with one attached hydrogen (secondary N) is 1. The quantitative estimate of drug-likeness (QED) is 0.276. The number of carbonyl (C=O) groups is 2. The second-order valence-electron chi connectivity index (χ2n) is 10.8. The molecule has 43 heavy (non-hydrogen) atoms. The minimum absolute atomic E-state index is 0.0691. The zero-order valence-corrected chi connectivity index (χ0v) is 25.0. The van der Waals surface area contributed by atoms with E-state index in [9.17, 15) is 14.0 Å². The number of carbonyl (C=O) groups excluding carboxylic acids is 2. The highest BCUT2D eigenvalue weighted by atomic mass is 19.1. The third-order valence-electron chi connectivity index (χ3n) is 6.45. The molecule has 0 radical (unpaired) electrons. The van der Waals surface area contributed by atoms with Gasteiger partial charge in [0.2, 0.25) is 17.6 Å². The summed E-state index contributed by atoms with van der Waals surface area (Å²) in [5.41, 5.74) is 1.22. The molecule has 2 amide bonds. The van der Waals surface area contributed by atoms with Gasteiger partial charge in [-0.25, -0.2) is 4.39 Å². The summed E-state index contributed by atoms with van der Waals surface area (Å²) in [7, 11) is 4.62. The number of hydrogen-bond donors (Lipinski definition) is 1. The summed E-state index contributed by atoms with van der Waals surface area (Å²) in [6, 6.07) is 16.8. The van der Waals surface area contributed by atoms with Crippen LogP contribution in [0, 0.1) is 5.82 Å². The van der Waals surface area contributed by atoms with Gasteiger partial charge in [0.1, 0.15) is 24.2 Å². The van der Waals surface area contributed by atoms with Crippen LogP contribution < -0.4 is 19.5 Å². The van der Waals surface area contributed by atoms with Crippen molar-refractivity contribution in [1.82, 2.24) is 30.4 Å². The predicted octanol–water partition coefficient (Wildman–Crippen LogP) is 4.19. The van der Waals surface area contributed by atoms with Gasteiger partial charge in [-0.2, -0.15) is 4.80 Å². The standard InChI is InChI=1S/C31H35FN6O5/c1-31(2,3)33-30(40)28(21-9-12-23(32)13-10-21)37(18-20-7-14-24(41-4)15-8-20)27(39)19-38-35-29(34-36-38)22-11-16-25(42-5)26(17-22)43-6/h7-17,28H,18-19H2,1-6H3,(H,33,40). The first-order valence-corrected chi connectivity index (χ1v) is 13.5. The number of halogens is 1. The molecule has 1 N–H and O–H groups in total. The smallest absolute Gasteiger partial charge is 0.247 e. The van der Waals surface area contributed by atoms with E-state index in [1.165, 1.54) is 48.2 Å². The van der Waals surface area contributed by atoms with Crippen molar-refractivity contribution >= 4 is 11.8 Å². The van der Waals surface area contributed by atoms with E-state index in [0.29, 0.717) is 28.4 Å². The van der Waals surface area contributed by atoms with Gasteiger partial charge in [-0.05, 0) is 79.6 Å². The Morgan fingerprint density at radius 3 is 2.21 bits per heavy atom. The summed E-state index contributed by atoms with van der Waals surface area (Å²) < 4.78 is 29.8. The molecule has 0 fully saturated rings. The van der Waals surface area contributed by atoms with Crippen LogP contribution >= 0.6 is 0 Å². The van der Waals surface area contributed by atoms with Crippen molar-refractivity contribution in [2.24, 2.45) is 0 Å². The highest BCUT2D eigenvalue weighted by Crippen LogP contribution is 2.31. The Bertz CT molecular complexity index is 1550. The molecule has 11 nitrogen and oxygen atoms in total. The van der Waals surface area contributed by atoms with Crippen LogP contribution in [-0.4, -0.2) is 63.8 Å². The predicted molar refractivity (Wildman–Crippen MR) is 157 cm³/mol. The molecule has 4 rings (SSSR count). The normalized spacial score (nSPS) is 11.9. The third-order valence-corrected chi connectivity index (χ3v) is 6.45. The highest BCUT2D eigenvalue weighted by Gasteiger charge is 2.34. The molecule has 0 aliphatic rings. The molecule has 0 saturated heterocycles. The first-order valence-electron chi connectivity index (χ1n) is 13.5. The maximum absolute atomic E-state index is 14.0. The van der Waals surface area contributed by atoms with Crippen LogP contribution in [0.1, 0.15) is 37.9 Å². The van der Waals surface area contributed by atoms with Crippen molar-refractivity contribution in [2.75, 3.05) is 21.3 Å². The lowest BCUT2D eigenvalue weighted by molar-refractivity contribution is -0.143. The third kappa shape index (κ3) is 7.85. The second kappa shape index (κ2) is 13.3. The van der Waals surface area contributed by atoms with Crippen LogP contribution in [0.15, 0.2) is 66.7 Å². The largest absolute Gasteiger partial charge is 0.497 e. The Morgan fingerprint density at radius 1 is 0.930 bits per heavy atom. The molecular formula is C31H35FN6O5. The minimum Gasteiger partial charge on any atom is -0.497 e. The molecule has 1 unspecified atom stereocenters. The fraction of sp³-hybridized carbons (Fsp3) is 0.323. The molecule has 0 aliphatic carbocycles. The average molecular weight is 591 g/mol. The van der Waals surface area contributed by atoms with Gasteiger partial charge in [-0.15, -0.1) is 10.2 Å². The molecule has 0 bridgehead atoms. The number of aromatic nitrogens is 4. The van der Waals surface area contributed by atoms with E-state index in [-0.39, 0.29) is 18.9 Å². The Balaban J connectivity index is 1.70. The molecule has 4 aromatic rings. The van der Waals surface area contributed by atoms with Gasteiger partial charge in [-0.3, -0.25) is 9.59 Å². The van der Waals surface area contributed by atoms with Gasteiger partial charge in [0.25, 0.3) is 0 Å². The van der Waals surface area contributed by atoms with Crippen molar-refractivity contribution in [1.29, 1.82) is 0 Å². The lowest BCUT2D eigenvalue weighted by atomic mass is 10.0. The lowest BCUT2D eigenvalue weighted by Gasteiger charge is -2.33. The molecule has 3 aromatic carbocycles. The molecule has 0 spiro atoms. The molecule has 1 heterocycles. The van der Waals surface area contributed by atoms with Crippen molar-refractivity contribution in [3.8, 4) is 28.6 Å². The Kier molecular flexibility index (Phi) is 9.59. The van der Waals surface area contributed by atoms with Crippen LogP contribution in [0.5, 0.6) is 17.2 Å². The molecule has 1 aromatic heterocycles. The van der Waals surface area contributed by atoms with Crippen molar-refractivity contribution in [2.45, 2.75) is 45.4 Å². The van der Waals surface area contributed by atoms with Crippen LogP contribution in [0.2, 0.25) is 0 Å².